The van der Waals surface area contributed by atoms with Gasteiger partial charge in [-0.3, -0.25) is 0 Å². The highest BCUT2D eigenvalue weighted by Gasteiger charge is 2.08. The first kappa shape index (κ1) is 10.2. The van der Waals surface area contributed by atoms with E-state index in [-0.39, 0.29) is 0 Å². The van der Waals surface area contributed by atoms with E-state index in [0.29, 0.717) is 15.2 Å². The van der Waals surface area contributed by atoms with Crippen LogP contribution in [-0.2, 0) is 0 Å². The molecule has 0 aliphatic rings. The Hall–Kier alpha value is -0.280. The molecule has 0 spiro atoms. The van der Waals surface area contributed by atoms with Gasteiger partial charge >= 0.3 is 0 Å². The summed E-state index contributed by atoms with van der Waals surface area (Å²) in [7, 11) is 0. The highest BCUT2D eigenvalue weighted by molar-refractivity contribution is 7.13. The van der Waals surface area contributed by atoms with Crippen LogP contribution in [0, 0.1) is 0 Å². The van der Waals surface area contributed by atoms with Crippen molar-refractivity contribution in [2.45, 2.75) is 0 Å². The maximum Gasteiger partial charge on any atom is 0.140 e. The molecule has 0 aliphatic heterocycles. The third kappa shape index (κ3) is 2.04. The van der Waals surface area contributed by atoms with Crippen LogP contribution in [0.4, 0.5) is 0 Å². The van der Waals surface area contributed by atoms with Crippen LogP contribution >= 0.6 is 46.1 Å². The van der Waals surface area contributed by atoms with E-state index in [9.17, 15) is 0 Å². The Morgan fingerprint density at radius 2 is 1.93 bits per heavy atom. The molecule has 1 aromatic heterocycles. The molecule has 0 N–H and O–H groups in total. The number of benzene rings is 1. The number of rotatable bonds is 1. The van der Waals surface area contributed by atoms with Crippen LogP contribution in [0.15, 0.2) is 23.6 Å². The molecule has 0 aliphatic carbocycles. The molecule has 0 fully saturated rings. The minimum atomic E-state index is 0.473. The molecular weight excluding hydrogens is 261 g/mol. The fourth-order valence-electron chi connectivity index (χ4n) is 1.04. The van der Waals surface area contributed by atoms with Crippen molar-refractivity contribution in [2.24, 2.45) is 0 Å². The number of halogens is 3. The zero-order valence-corrected chi connectivity index (χ0v) is 9.88. The molecule has 0 radical (unpaired) electrons. The summed E-state index contributed by atoms with van der Waals surface area (Å²) in [5.41, 5.74) is 0.816. The van der Waals surface area contributed by atoms with Gasteiger partial charge in [-0.1, -0.05) is 34.8 Å². The van der Waals surface area contributed by atoms with Crippen LogP contribution in [0.1, 0.15) is 0 Å². The summed E-state index contributed by atoms with van der Waals surface area (Å²) in [6.07, 6.45) is 0. The van der Waals surface area contributed by atoms with Gasteiger partial charge in [-0.05, 0) is 18.2 Å². The number of hydrogen-bond acceptors (Lipinski definition) is 2. The smallest absolute Gasteiger partial charge is 0.140 e. The summed E-state index contributed by atoms with van der Waals surface area (Å²) < 4.78 is 0. The minimum absolute atomic E-state index is 0.473. The van der Waals surface area contributed by atoms with Crippen LogP contribution in [0.3, 0.4) is 0 Å². The Labute approximate surface area is 100 Å². The molecule has 2 aromatic rings. The fraction of sp³-hybridized carbons (Fsp3) is 0. The van der Waals surface area contributed by atoms with E-state index in [1.165, 1.54) is 11.3 Å². The predicted octanol–water partition coefficient (Wildman–Crippen LogP) is 4.77. The second-order valence-electron chi connectivity index (χ2n) is 2.60. The number of aromatic nitrogens is 1. The summed E-state index contributed by atoms with van der Waals surface area (Å²) in [5, 5.41) is 4.27. The third-order valence-electron chi connectivity index (χ3n) is 1.63. The zero-order chi connectivity index (χ0) is 10.1. The highest BCUT2D eigenvalue weighted by atomic mass is 35.5. The van der Waals surface area contributed by atoms with Crippen molar-refractivity contribution in [3.05, 3.63) is 38.8 Å². The quantitative estimate of drug-likeness (QED) is 0.723. The van der Waals surface area contributed by atoms with Crippen LogP contribution < -0.4 is 0 Å². The second kappa shape index (κ2) is 4.07. The molecule has 5 heteroatoms. The molecule has 0 unspecified atom stereocenters. The lowest BCUT2D eigenvalue weighted by molar-refractivity contribution is 1.41. The van der Waals surface area contributed by atoms with Crippen LogP contribution in [0.5, 0.6) is 0 Å². The molecule has 1 nitrogen and oxygen atoms in total. The second-order valence-corrected chi connectivity index (χ2v) is 4.69. The van der Waals surface area contributed by atoms with Crippen LogP contribution in [0.2, 0.25) is 15.2 Å². The van der Waals surface area contributed by atoms with Crippen molar-refractivity contribution in [3.63, 3.8) is 0 Å². The highest BCUT2D eigenvalue weighted by Crippen LogP contribution is 2.33. The molecule has 0 saturated heterocycles. The Bertz CT molecular complexity index is 467. The van der Waals surface area contributed by atoms with E-state index in [4.69, 9.17) is 34.8 Å². The lowest BCUT2D eigenvalue weighted by Crippen LogP contribution is -1.78. The van der Waals surface area contributed by atoms with Crippen molar-refractivity contribution >= 4 is 46.1 Å². The van der Waals surface area contributed by atoms with Gasteiger partial charge in [0.05, 0.1) is 5.02 Å². The maximum absolute atomic E-state index is 6.00. The van der Waals surface area contributed by atoms with Gasteiger partial charge in [0.15, 0.2) is 0 Å². The Morgan fingerprint density at radius 1 is 1.14 bits per heavy atom. The standard InChI is InChI=1S/C9H4Cl3NS/c10-5-1-2-7(11)6(3-5)9-13-8(12)4-14-9/h1-4H. The largest absolute Gasteiger partial charge is 0.224 e. The lowest BCUT2D eigenvalue weighted by Gasteiger charge is -1.99. The van der Waals surface area contributed by atoms with Crippen molar-refractivity contribution in [1.82, 2.24) is 4.98 Å². The van der Waals surface area contributed by atoms with Gasteiger partial charge in [-0.15, -0.1) is 11.3 Å². The molecule has 72 valence electrons. The topological polar surface area (TPSA) is 12.9 Å². The van der Waals surface area contributed by atoms with Gasteiger partial charge in [-0.25, -0.2) is 4.98 Å². The summed E-state index contributed by atoms with van der Waals surface area (Å²) >= 11 is 19.0. The fourth-order valence-corrected chi connectivity index (χ4v) is 2.45. The summed E-state index contributed by atoms with van der Waals surface area (Å²) in [4.78, 5) is 4.12. The van der Waals surface area contributed by atoms with E-state index in [1.54, 1.807) is 23.6 Å². The molecule has 2 rings (SSSR count). The predicted molar refractivity (Wildman–Crippen MR) is 62.6 cm³/mol. The van der Waals surface area contributed by atoms with Crippen molar-refractivity contribution < 1.29 is 0 Å². The first-order chi connectivity index (χ1) is 6.66. The third-order valence-corrected chi connectivity index (χ3v) is 3.40. The van der Waals surface area contributed by atoms with Gasteiger partial charge in [0.2, 0.25) is 0 Å². The Kier molecular flexibility index (Phi) is 2.98. The average molecular weight is 265 g/mol. The molecule has 0 bridgehead atoms. The number of thiazole rings is 1. The van der Waals surface area contributed by atoms with E-state index >= 15 is 0 Å². The average Bonchev–Trinajstić information content (AvgIpc) is 2.56. The van der Waals surface area contributed by atoms with E-state index < -0.39 is 0 Å². The molecule has 0 saturated carbocycles. The monoisotopic (exact) mass is 263 g/mol. The van der Waals surface area contributed by atoms with Crippen molar-refractivity contribution in [3.8, 4) is 10.6 Å². The normalized spacial score (nSPS) is 10.5. The molecule has 0 atom stereocenters. The first-order valence-corrected chi connectivity index (χ1v) is 5.74. The van der Waals surface area contributed by atoms with E-state index in [1.807, 2.05) is 0 Å². The van der Waals surface area contributed by atoms with Crippen LogP contribution in [-0.4, -0.2) is 4.98 Å². The minimum Gasteiger partial charge on any atom is -0.224 e. The van der Waals surface area contributed by atoms with Gasteiger partial charge in [-0.2, -0.15) is 0 Å². The first-order valence-electron chi connectivity index (χ1n) is 3.73. The zero-order valence-electron chi connectivity index (χ0n) is 6.80. The Morgan fingerprint density at radius 3 is 2.57 bits per heavy atom. The Balaban J connectivity index is 2.55. The molecule has 0 amide bonds. The lowest BCUT2D eigenvalue weighted by atomic mass is 10.2. The van der Waals surface area contributed by atoms with Gasteiger partial charge < -0.3 is 0 Å². The van der Waals surface area contributed by atoms with Crippen molar-refractivity contribution in [2.75, 3.05) is 0 Å². The van der Waals surface area contributed by atoms with E-state index in [0.717, 1.165) is 10.6 Å². The summed E-state index contributed by atoms with van der Waals surface area (Å²) in [6.45, 7) is 0. The van der Waals surface area contributed by atoms with Crippen molar-refractivity contribution in [1.29, 1.82) is 0 Å². The molecule has 14 heavy (non-hydrogen) atoms. The van der Waals surface area contributed by atoms with Gasteiger partial charge in [0.1, 0.15) is 10.2 Å². The summed E-state index contributed by atoms with van der Waals surface area (Å²) in [5.74, 6) is 0. The summed E-state index contributed by atoms with van der Waals surface area (Å²) in [6, 6.07) is 5.26. The molecule has 1 aromatic carbocycles. The molecule has 1 heterocycles. The SMILES string of the molecule is Clc1ccc(Cl)c(-c2nc(Cl)cs2)c1. The number of nitrogens with zero attached hydrogens (tertiary/aromatic N) is 1. The van der Waals surface area contributed by atoms with E-state index in [2.05, 4.69) is 4.98 Å². The number of hydrogen-bond donors (Lipinski definition) is 0. The molecular formula is C9H4Cl3NS. The van der Waals surface area contributed by atoms with Gasteiger partial charge in [0.25, 0.3) is 0 Å². The van der Waals surface area contributed by atoms with Crippen LogP contribution in [0.25, 0.3) is 10.6 Å². The van der Waals surface area contributed by atoms with Gasteiger partial charge in [0, 0.05) is 16.0 Å². The maximum atomic E-state index is 6.00.